The second kappa shape index (κ2) is 8.27. The van der Waals surface area contributed by atoms with Crippen LogP contribution >= 0.6 is 0 Å². The Labute approximate surface area is 94.4 Å². The quantitative estimate of drug-likeness (QED) is 0.366. The second-order valence-electron chi connectivity index (χ2n) is 3.64. The van der Waals surface area contributed by atoms with Crippen LogP contribution in [-0.4, -0.2) is 17.8 Å². The molecule has 0 saturated carbocycles. The van der Waals surface area contributed by atoms with Crippen LogP contribution in [-0.2, 0) is 0 Å². The molecule has 2 heteroatoms. The number of amidine groups is 1. The molecule has 0 unspecified atom stereocenters. The van der Waals surface area contributed by atoms with Gasteiger partial charge in [-0.05, 0) is 26.0 Å². The van der Waals surface area contributed by atoms with Gasteiger partial charge >= 0.3 is 0 Å². The van der Waals surface area contributed by atoms with Gasteiger partial charge in [0, 0.05) is 12.7 Å². The van der Waals surface area contributed by atoms with Gasteiger partial charge in [-0.25, -0.2) is 4.99 Å². The molecule has 2 nitrogen and oxygen atoms in total. The second-order valence-corrected chi connectivity index (χ2v) is 3.64. The fraction of sp³-hybridized carbons (Fsp3) is 0.615. The van der Waals surface area contributed by atoms with Crippen LogP contribution in [0.2, 0.25) is 0 Å². The number of hydrogen-bond donors (Lipinski definition) is 0. The van der Waals surface area contributed by atoms with Crippen molar-refractivity contribution in [2.24, 2.45) is 4.99 Å². The van der Waals surface area contributed by atoms with Crippen LogP contribution in [0, 0.1) is 0 Å². The molecule has 0 saturated heterocycles. The molecular weight excluding hydrogens is 184 g/mol. The van der Waals surface area contributed by atoms with Gasteiger partial charge in [-0.15, -0.1) is 0 Å². The van der Waals surface area contributed by atoms with E-state index in [0.29, 0.717) is 0 Å². The lowest BCUT2D eigenvalue weighted by Crippen LogP contribution is -2.17. The molecule has 0 bridgehead atoms. The van der Waals surface area contributed by atoms with E-state index in [-0.39, 0.29) is 0 Å². The van der Waals surface area contributed by atoms with Crippen molar-refractivity contribution < 1.29 is 0 Å². The summed E-state index contributed by atoms with van der Waals surface area (Å²) in [5.41, 5.74) is 1.18. The zero-order chi connectivity index (χ0) is 11.7. The van der Waals surface area contributed by atoms with E-state index in [1.165, 1.54) is 18.5 Å². The zero-order valence-electron chi connectivity index (χ0n) is 10.6. The van der Waals surface area contributed by atoms with E-state index in [0.717, 1.165) is 18.7 Å². The highest BCUT2D eigenvalue weighted by Gasteiger charge is 1.96. The van der Waals surface area contributed by atoms with E-state index < -0.39 is 0 Å². The van der Waals surface area contributed by atoms with E-state index in [1.54, 1.807) is 6.20 Å². The average Bonchev–Trinajstić information content (AvgIpc) is 2.26. The maximum atomic E-state index is 4.57. The summed E-state index contributed by atoms with van der Waals surface area (Å²) in [5.74, 6) is 0.995. The molecule has 86 valence electrons. The van der Waals surface area contributed by atoms with Crippen LogP contribution in [0.3, 0.4) is 0 Å². The predicted molar refractivity (Wildman–Crippen MR) is 69.0 cm³/mol. The molecule has 0 atom stereocenters. The third kappa shape index (κ3) is 6.10. The summed E-state index contributed by atoms with van der Waals surface area (Å²) in [5, 5.41) is 0. The molecule has 0 aliphatic rings. The highest BCUT2D eigenvalue weighted by Crippen LogP contribution is 2.08. The number of rotatable bonds is 6. The minimum Gasteiger partial charge on any atom is -0.340 e. The van der Waals surface area contributed by atoms with Crippen LogP contribution in [0.4, 0.5) is 0 Å². The molecule has 0 rings (SSSR count). The molecule has 0 aromatic rings. The number of aliphatic imine (C=N–C) groups is 1. The van der Waals surface area contributed by atoms with E-state index in [4.69, 9.17) is 0 Å². The van der Waals surface area contributed by atoms with E-state index >= 15 is 0 Å². The summed E-state index contributed by atoms with van der Waals surface area (Å²) in [4.78, 5) is 6.50. The SMILES string of the molecule is C=CN(C)/C(C)=N\C(=CCCCC)CC. The van der Waals surface area contributed by atoms with Crippen LogP contribution < -0.4 is 0 Å². The van der Waals surface area contributed by atoms with E-state index in [1.807, 2.05) is 18.9 Å². The standard InChI is InChI=1S/C13H24N2/c1-6-9-10-11-13(7-2)14-12(4)15(5)8-3/h8,11H,3,6-7,9-10H2,1-2,4-5H3/b13-11?,14-12-. The number of hydrogen-bond acceptors (Lipinski definition) is 1. The lowest BCUT2D eigenvalue weighted by atomic mass is 10.2. The van der Waals surface area contributed by atoms with Crippen molar-refractivity contribution in [3.8, 4) is 0 Å². The smallest absolute Gasteiger partial charge is 0.105 e. The third-order valence-corrected chi connectivity index (χ3v) is 2.39. The van der Waals surface area contributed by atoms with Gasteiger partial charge in [-0.3, -0.25) is 0 Å². The molecule has 0 spiro atoms. The Bertz CT molecular complexity index is 239. The first kappa shape index (κ1) is 13.9. The minimum absolute atomic E-state index is 0.992. The highest BCUT2D eigenvalue weighted by molar-refractivity contribution is 5.81. The zero-order valence-corrected chi connectivity index (χ0v) is 10.6. The van der Waals surface area contributed by atoms with Crippen molar-refractivity contribution in [1.82, 2.24) is 4.90 Å². The molecule has 0 fully saturated rings. The topological polar surface area (TPSA) is 15.6 Å². The van der Waals surface area contributed by atoms with Crippen molar-refractivity contribution in [2.75, 3.05) is 7.05 Å². The summed E-state index contributed by atoms with van der Waals surface area (Å²) >= 11 is 0. The van der Waals surface area contributed by atoms with Crippen LogP contribution in [0.5, 0.6) is 0 Å². The largest absolute Gasteiger partial charge is 0.340 e. The molecule has 0 aliphatic carbocycles. The Morgan fingerprint density at radius 1 is 1.40 bits per heavy atom. The molecule has 0 N–H and O–H groups in total. The van der Waals surface area contributed by atoms with Gasteiger partial charge in [-0.2, -0.15) is 0 Å². The van der Waals surface area contributed by atoms with Gasteiger partial charge in [0.05, 0.1) is 0 Å². The first-order valence-corrected chi connectivity index (χ1v) is 5.75. The van der Waals surface area contributed by atoms with Gasteiger partial charge in [0.25, 0.3) is 0 Å². The molecule has 0 amide bonds. The van der Waals surface area contributed by atoms with E-state index in [2.05, 4.69) is 31.5 Å². The van der Waals surface area contributed by atoms with Crippen molar-refractivity contribution >= 4 is 5.84 Å². The number of nitrogens with zero attached hydrogens (tertiary/aromatic N) is 2. The Morgan fingerprint density at radius 2 is 2.07 bits per heavy atom. The third-order valence-electron chi connectivity index (χ3n) is 2.39. The van der Waals surface area contributed by atoms with Crippen molar-refractivity contribution in [1.29, 1.82) is 0 Å². The first-order chi connectivity index (χ1) is 7.15. The molecule has 0 radical (unpaired) electrons. The predicted octanol–water partition coefficient (Wildman–Crippen LogP) is 3.96. The van der Waals surface area contributed by atoms with Gasteiger partial charge in [0.15, 0.2) is 0 Å². The Balaban J connectivity index is 4.41. The highest BCUT2D eigenvalue weighted by atomic mass is 15.1. The minimum atomic E-state index is 0.992. The lowest BCUT2D eigenvalue weighted by Gasteiger charge is -2.12. The molecule has 0 aromatic carbocycles. The lowest BCUT2D eigenvalue weighted by molar-refractivity contribution is 0.682. The van der Waals surface area contributed by atoms with Crippen molar-refractivity contribution in [3.63, 3.8) is 0 Å². The molecular formula is C13H24N2. The van der Waals surface area contributed by atoms with Gasteiger partial charge in [-0.1, -0.05) is 39.3 Å². The maximum Gasteiger partial charge on any atom is 0.105 e. The van der Waals surface area contributed by atoms with Crippen LogP contribution in [0.25, 0.3) is 0 Å². The van der Waals surface area contributed by atoms with Crippen molar-refractivity contribution in [3.05, 3.63) is 24.6 Å². The summed E-state index contributed by atoms with van der Waals surface area (Å²) in [6, 6.07) is 0. The summed E-state index contributed by atoms with van der Waals surface area (Å²) in [7, 11) is 1.96. The molecule has 0 aromatic heterocycles. The normalized spacial score (nSPS) is 12.8. The van der Waals surface area contributed by atoms with Gasteiger partial charge in [0.1, 0.15) is 5.84 Å². The van der Waals surface area contributed by atoms with Crippen LogP contribution in [0.15, 0.2) is 29.5 Å². The average molecular weight is 208 g/mol. The fourth-order valence-corrected chi connectivity index (χ4v) is 1.16. The molecule has 0 aliphatic heterocycles. The Kier molecular flexibility index (Phi) is 7.69. The molecule has 0 heterocycles. The number of allylic oxidation sites excluding steroid dienone is 2. The number of unbranched alkanes of at least 4 members (excludes halogenated alkanes) is 2. The monoisotopic (exact) mass is 208 g/mol. The first-order valence-electron chi connectivity index (χ1n) is 5.75. The van der Waals surface area contributed by atoms with Gasteiger partial charge < -0.3 is 4.90 Å². The van der Waals surface area contributed by atoms with Gasteiger partial charge in [0.2, 0.25) is 0 Å². The fourth-order valence-electron chi connectivity index (χ4n) is 1.16. The molecule has 15 heavy (non-hydrogen) atoms. The summed E-state index contributed by atoms with van der Waals surface area (Å²) in [6.45, 7) is 10.1. The maximum absolute atomic E-state index is 4.57. The Morgan fingerprint density at radius 3 is 2.53 bits per heavy atom. The Hall–Kier alpha value is -1.05. The van der Waals surface area contributed by atoms with Crippen molar-refractivity contribution in [2.45, 2.75) is 46.5 Å². The van der Waals surface area contributed by atoms with E-state index in [9.17, 15) is 0 Å². The van der Waals surface area contributed by atoms with Crippen LogP contribution in [0.1, 0.15) is 46.5 Å². The summed E-state index contributed by atoms with van der Waals surface area (Å²) in [6.07, 6.45) is 8.63. The summed E-state index contributed by atoms with van der Waals surface area (Å²) < 4.78 is 0.